The van der Waals surface area contributed by atoms with Crippen molar-refractivity contribution in [3.8, 4) is 5.75 Å². The van der Waals surface area contributed by atoms with E-state index in [0.29, 0.717) is 0 Å². The molecule has 0 radical (unpaired) electrons. The normalized spacial score (nSPS) is 33.2. The summed E-state index contributed by atoms with van der Waals surface area (Å²) in [4.78, 5) is 37.3. The lowest BCUT2D eigenvalue weighted by Gasteiger charge is -2.50. The summed E-state index contributed by atoms with van der Waals surface area (Å²) in [6.07, 6.45) is -0.687. The fourth-order valence-electron chi connectivity index (χ4n) is 4.95. The molecular formula is C20H18ClNO8. The summed E-state index contributed by atoms with van der Waals surface area (Å²) in [5.74, 6) is -8.01. The van der Waals surface area contributed by atoms with Crippen molar-refractivity contribution in [1.29, 1.82) is 0 Å². The van der Waals surface area contributed by atoms with E-state index in [9.17, 15) is 39.9 Å². The van der Waals surface area contributed by atoms with E-state index in [2.05, 4.69) is 0 Å². The van der Waals surface area contributed by atoms with E-state index >= 15 is 0 Å². The van der Waals surface area contributed by atoms with Crippen molar-refractivity contribution in [1.82, 2.24) is 0 Å². The predicted molar refractivity (Wildman–Crippen MR) is 102 cm³/mol. The average molecular weight is 436 g/mol. The number of aliphatic hydroxyl groups is 4. The second-order valence-electron chi connectivity index (χ2n) is 8.02. The Morgan fingerprint density at radius 2 is 1.83 bits per heavy atom. The minimum Gasteiger partial charge on any atom is -0.508 e. The first kappa shape index (κ1) is 20.4. The number of aromatic hydroxyl groups is 1. The standard InChI is InChI=1S/C20H18ClNO8/c1-19(29)7-4-6-5-10(24)13(18(22)28)17(27)20(6,30)16(26)11(7)15(25)12-9(23)3-2-8(21)14(12)19/h2-3,6-7,23,25,27,29-30H,4-5H2,1H3,(H2,22,28)/t6?,7?,19?,20-/m1/s1. The highest BCUT2D eigenvalue weighted by Crippen LogP contribution is 2.57. The Morgan fingerprint density at radius 1 is 1.20 bits per heavy atom. The number of phenolic OH excluding ortho intramolecular Hbond substituents is 1. The van der Waals surface area contributed by atoms with Crippen molar-refractivity contribution in [3.05, 3.63) is 45.2 Å². The number of amides is 1. The number of Topliss-reactive ketones (excluding diaryl/α,β-unsaturated/α-hetero) is 2. The molecule has 0 aliphatic heterocycles. The van der Waals surface area contributed by atoms with Crippen molar-refractivity contribution in [2.45, 2.75) is 31.0 Å². The molecule has 3 aliphatic rings. The lowest BCUT2D eigenvalue weighted by atomic mass is 9.56. The zero-order chi connectivity index (χ0) is 22.3. The largest absolute Gasteiger partial charge is 0.508 e. The number of primary amides is 1. The number of halogens is 1. The van der Waals surface area contributed by atoms with Crippen LogP contribution in [0.2, 0.25) is 5.02 Å². The molecule has 4 atom stereocenters. The highest BCUT2D eigenvalue weighted by molar-refractivity contribution is 6.32. The van der Waals surface area contributed by atoms with Crippen LogP contribution in [0.5, 0.6) is 5.75 Å². The number of nitrogens with two attached hydrogens (primary N) is 1. The summed E-state index contributed by atoms with van der Waals surface area (Å²) in [5, 5.41) is 54.0. The maximum atomic E-state index is 13.4. The molecule has 1 fully saturated rings. The molecule has 0 spiro atoms. The molecule has 0 aromatic heterocycles. The molecule has 1 amide bonds. The van der Waals surface area contributed by atoms with Gasteiger partial charge in [-0.15, -0.1) is 0 Å². The molecular weight excluding hydrogens is 418 g/mol. The Kier molecular flexibility index (Phi) is 4.12. The minimum atomic E-state index is -2.69. The lowest BCUT2D eigenvalue weighted by molar-refractivity contribution is -0.152. The Balaban J connectivity index is 2.03. The number of hydrogen-bond donors (Lipinski definition) is 6. The van der Waals surface area contributed by atoms with Crippen LogP contribution in [0.25, 0.3) is 5.76 Å². The van der Waals surface area contributed by atoms with Crippen LogP contribution in [0.3, 0.4) is 0 Å². The summed E-state index contributed by atoms with van der Waals surface area (Å²) in [6.45, 7) is 1.33. The summed E-state index contributed by atoms with van der Waals surface area (Å²) in [7, 11) is 0. The third-order valence-electron chi connectivity index (χ3n) is 6.41. The molecule has 158 valence electrons. The van der Waals surface area contributed by atoms with Gasteiger partial charge in [0.1, 0.15) is 22.8 Å². The number of hydrogen-bond acceptors (Lipinski definition) is 8. The van der Waals surface area contributed by atoms with Gasteiger partial charge in [0.25, 0.3) is 5.91 Å². The molecule has 1 aromatic carbocycles. The molecule has 7 N–H and O–H groups in total. The van der Waals surface area contributed by atoms with Crippen LogP contribution in [-0.4, -0.2) is 48.6 Å². The van der Waals surface area contributed by atoms with Crippen molar-refractivity contribution in [2.75, 3.05) is 0 Å². The van der Waals surface area contributed by atoms with Crippen LogP contribution < -0.4 is 5.73 Å². The highest BCUT2D eigenvalue weighted by Gasteiger charge is 2.63. The van der Waals surface area contributed by atoms with E-state index in [1.807, 2.05) is 0 Å². The second kappa shape index (κ2) is 6.07. The molecule has 0 heterocycles. The molecule has 3 aliphatic carbocycles. The zero-order valence-corrected chi connectivity index (χ0v) is 16.4. The Hall–Kier alpha value is -2.88. The first-order valence-corrected chi connectivity index (χ1v) is 9.44. The first-order chi connectivity index (χ1) is 13.8. The minimum absolute atomic E-state index is 0.00613. The monoisotopic (exact) mass is 435 g/mol. The highest BCUT2D eigenvalue weighted by atomic mass is 35.5. The molecule has 0 saturated heterocycles. The van der Waals surface area contributed by atoms with Crippen molar-refractivity contribution < 1.29 is 39.9 Å². The summed E-state index contributed by atoms with van der Waals surface area (Å²) >= 11 is 6.20. The second-order valence-corrected chi connectivity index (χ2v) is 8.43. The Bertz CT molecular complexity index is 1120. The van der Waals surface area contributed by atoms with Crippen LogP contribution in [0, 0.1) is 11.8 Å². The quantitative estimate of drug-likeness (QED) is 0.349. The number of ketones is 2. The van der Waals surface area contributed by atoms with E-state index in [0.717, 1.165) is 0 Å². The van der Waals surface area contributed by atoms with Crippen LogP contribution in [0.4, 0.5) is 0 Å². The lowest BCUT2D eigenvalue weighted by Crippen LogP contribution is -2.60. The van der Waals surface area contributed by atoms with Crippen LogP contribution >= 0.6 is 11.6 Å². The molecule has 4 rings (SSSR count). The van der Waals surface area contributed by atoms with Crippen molar-refractivity contribution in [2.24, 2.45) is 17.6 Å². The molecule has 30 heavy (non-hydrogen) atoms. The van der Waals surface area contributed by atoms with Gasteiger partial charge in [0.2, 0.25) is 5.78 Å². The summed E-state index contributed by atoms with van der Waals surface area (Å²) < 4.78 is 0. The number of fused-ring (bicyclic) bond motifs is 3. The number of rotatable bonds is 1. The third-order valence-corrected chi connectivity index (χ3v) is 6.73. The molecule has 1 aromatic rings. The molecule has 10 heteroatoms. The van der Waals surface area contributed by atoms with Crippen LogP contribution in [-0.2, 0) is 20.0 Å². The van der Waals surface area contributed by atoms with Gasteiger partial charge in [0.15, 0.2) is 11.4 Å². The van der Waals surface area contributed by atoms with Gasteiger partial charge >= 0.3 is 0 Å². The maximum absolute atomic E-state index is 13.4. The van der Waals surface area contributed by atoms with Gasteiger partial charge in [-0.3, -0.25) is 14.4 Å². The van der Waals surface area contributed by atoms with Crippen molar-refractivity contribution >= 4 is 34.8 Å². The fraction of sp³-hybridized carbons (Fsp3) is 0.350. The number of benzene rings is 1. The van der Waals surface area contributed by atoms with E-state index in [4.69, 9.17) is 17.3 Å². The van der Waals surface area contributed by atoms with Gasteiger partial charge < -0.3 is 31.3 Å². The van der Waals surface area contributed by atoms with Gasteiger partial charge in [0, 0.05) is 34.4 Å². The van der Waals surface area contributed by atoms with Crippen molar-refractivity contribution in [3.63, 3.8) is 0 Å². The predicted octanol–water partition coefficient (Wildman–Crippen LogP) is 0.742. The number of phenols is 1. The average Bonchev–Trinajstić information content (AvgIpc) is 2.64. The van der Waals surface area contributed by atoms with E-state index < -0.39 is 75.3 Å². The smallest absolute Gasteiger partial charge is 0.255 e. The number of aliphatic hydroxyl groups excluding tert-OH is 2. The number of carbonyl (C=O) groups excluding carboxylic acids is 3. The van der Waals surface area contributed by atoms with E-state index in [-0.39, 0.29) is 22.6 Å². The first-order valence-electron chi connectivity index (χ1n) is 9.06. The Labute approximate surface area is 174 Å². The molecule has 3 unspecified atom stereocenters. The summed E-state index contributed by atoms with van der Waals surface area (Å²) in [5.41, 5.74) is -1.05. The zero-order valence-electron chi connectivity index (χ0n) is 15.6. The molecule has 9 nitrogen and oxygen atoms in total. The topological polar surface area (TPSA) is 178 Å². The fourth-order valence-corrected chi connectivity index (χ4v) is 5.30. The molecule has 1 saturated carbocycles. The van der Waals surface area contributed by atoms with E-state index in [1.54, 1.807) is 0 Å². The van der Waals surface area contributed by atoms with Gasteiger partial charge in [-0.25, -0.2) is 0 Å². The summed E-state index contributed by atoms with van der Waals surface area (Å²) in [6, 6.07) is 2.49. The van der Waals surface area contributed by atoms with E-state index in [1.165, 1.54) is 19.1 Å². The number of carbonyl (C=O) groups is 3. The maximum Gasteiger partial charge on any atom is 0.255 e. The van der Waals surface area contributed by atoms with Gasteiger partial charge in [-0.05, 0) is 25.5 Å². The van der Waals surface area contributed by atoms with Crippen LogP contribution in [0.15, 0.2) is 29.0 Å². The van der Waals surface area contributed by atoms with Gasteiger partial charge in [-0.1, -0.05) is 11.6 Å². The van der Waals surface area contributed by atoms with Crippen LogP contribution in [0.1, 0.15) is 30.9 Å². The Morgan fingerprint density at radius 3 is 2.43 bits per heavy atom. The molecule has 0 bridgehead atoms. The van der Waals surface area contributed by atoms with Gasteiger partial charge in [0.05, 0.1) is 11.2 Å². The SMILES string of the molecule is CC1(O)c2c(Cl)ccc(O)c2C(O)=C2C(=O)[C@@]3(O)C(O)=C(C(N)=O)C(=O)CC3CC21. The van der Waals surface area contributed by atoms with Gasteiger partial charge in [-0.2, -0.15) is 0 Å². The third kappa shape index (κ3) is 2.28.